The summed E-state index contributed by atoms with van der Waals surface area (Å²) in [7, 11) is 0. The fourth-order valence-electron chi connectivity index (χ4n) is 5.28. The van der Waals surface area contributed by atoms with Gasteiger partial charge in [-0.15, -0.1) is 0 Å². The molecule has 8 nitrogen and oxygen atoms in total. The molecule has 2 N–H and O–H groups in total. The lowest BCUT2D eigenvalue weighted by molar-refractivity contribution is -0.139. The number of amides is 1. The Hall–Kier alpha value is -4.85. The van der Waals surface area contributed by atoms with Gasteiger partial charge in [0.15, 0.2) is 5.76 Å². The zero-order chi connectivity index (χ0) is 29.4. The van der Waals surface area contributed by atoms with Crippen molar-refractivity contribution < 1.29 is 19.1 Å². The van der Waals surface area contributed by atoms with Crippen LogP contribution >= 0.6 is 0 Å². The Morgan fingerprint density at radius 1 is 0.976 bits per heavy atom. The number of aromatic nitrogens is 2. The number of ether oxygens (including phenoxy) is 1. The summed E-state index contributed by atoms with van der Waals surface area (Å²) in [5.74, 6) is -0.311. The van der Waals surface area contributed by atoms with Gasteiger partial charge in [-0.05, 0) is 81.0 Å². The first-order valence-corrected chi connectivity index (χ1v) is 13.5. The molecule has 0 atom stereocenters. The van der Waals surface area contributed by atoms with Crippen molar-refractivity contribution in [2.75, 3.05) is 0 Å². The number of aromatic amines is 2. The van der Waals surface area contributed by atoms with Gasteiger partial charge in [-0.25, -0.2) is 4.99 Å². The van der Waals surface area contributed by atoms with Crippen molar-refractivity contribution >= 4 is 60.0 Å². The van der Waals surface area contributed by atoms with Gasteiger partial charge in [0.05, 0.1) is 17.7 Å². The Labute approximate surface area is 238 Å². The highest BCUT2D eigenvalue weighted by Crippen LogP contribution is 2.30. The SMILES string of the molecule is C=Cc1c(/C=C2\N=CC(CCC(C)=O)=C2C)[nH]c(/C=c2\[nH]c(=CC3=NC(=O)C4=C3OC(=O)CC4)c(C)c2C=C)c1C. The zero-order valence-corrected chi connectivity index (χ0v) is 23.7. The first-order valence-electron chi connectivity index (χ1n) is 13.5. The van der Waals surface area contributed by atoms with E-state index in [9.17, 15) is 14.4 Å². The van der Waals surface area contributed by atoms with Crippen molar-refractivity contribution in [2.24, 2.45) is 9.98 Å². The van der Waals surface area contributed by atoms with Crippen LogP contribution in [0.2, 0.25) is 0 Å². The van der Waals surface area contributed by atoms with E-state index >= 15 is 0 Å². The van der Waals surface area contributed by atoms with Crippen LogP contribution < -0.4 is 10.7 Å². The molecule has 0 saturated heterocycles. The van der Waals surface area contributed by atoms with Gasteiger partial charge in [-0.2, -0.15) is 0 Å². The minimum absolute atomic E-state index is 0.161. The van der Waals surface area contributed by atoms with Crippen molar-refractivity contribution in [3.8, 4) is 0 Å². The molecule has 0 spiro atoms. The lowest BCUT2D eigenvalue weighted by atomic mass is 10.0. The first-order chi connectivity index (χ1) is 19.6. The molecule has 0 saturated carbocycles. The zero-order valence-electron chi connectivity index (χ0n) is 23.7. The number of nitrogens with zero attached hydrogens (tertiary/aromatic N) is 2. The fraction of sp³-hybridized carbons (Fsp3) is 0.242. The molecule has 0 radical (unpaired) electrons. The third-order valence-electron chi connectivity index (χ3n) is 7.75. The van der Waals surface area contributed by atoms with Crippen LogP contribution in [0.25, 0.3) is 30.4 Å². The number of carbonyl (C=O) groups is 3. The van der Waals surface area contributed by atoms with Crippen molar-refractivity contribution in [3.05, 3.63) is 85.7 Å². The molecular formula is C33H32N4O4. The van der Waals surface area contributed by atoms with Crippen LogP contribution in [0.4, 0.5) is 0 Å². The Morgan fingerprint density at radius 3 is 2.44 bits per heavy atom. The number of hydrogen-bond acceptors (Lipinski definition) is 5. The van der Waals surface area contributed by atoms with Gasteiger partial charge in [0.25, 0.3) is 5.91 Å². The molecule has 41 heavy (non-hydrogen) atoms. The topological polar surface area (TPSA) is 117 Å². The summed E-state index contributed by atoms with van der Waals surface area (Å²) in [6.45, 7) is 15.6. The van der Waals surface area contributed by atoms with Crippen molar-refractivity contribution in [2.45, 2.75) is 53.4 Å². The van der Waals surface area contributed by atoms with E-state index in [1.54, 1.807) is 19.1 Å². The Kier molecular flexibility index (Phi) is 7.41. The number of nitrogens with one attached hydrogen (secondary N) is 2. The summed E-state index contributed by atoms with van der Waals surface area (Å²) >= 11 is 0. The minimum atomic E-state index is -0.365. The second kappa shape index (κ2) is 11.0. The third-order valence-corrected chi connectivity index (χ3v) is 7.75. The van der Waals surface area contributed by atoms with Gasteiger partial charge in [0.1, 0.15) is 11.5 Å². The second-order valence-corrected chi connectivity index (χ2v) is 10.4. The number of allylic oxidation sites excluding steroid dienone is 3. The summed E-state index contributed by atoms with van der Waals surface area (Å²) in [6, 6.07) is 0. The summed E-state index contributed by atoms with van der Waals surface area (Å²) in [4.78, 5) is 51.3. The number of rotatable bonds is 8. The van der Waals surface area contributed by atoms with Crippen LogP contribution in [0.15, 0.2) is 51.3 Å². The lowest BCUT2D eigenvalue weighted by Gasteiger charge is -2.12. The highest BCUT2D eigenvalue weighted by Gasteiger charge is 2.32. The smallest absolute Gasteiger partial charge is 0.311 e. The van der Waals surface area contributed by atoms with E-state index in [1.807, 2.05) is 45.2 Å². The number of ketones is 1. The van der Waals surface area contributed by atoms with Crippen LogP contribution in [0.5, 0.6) is 0 Å². The van der Waals surface area contributed by atoms with Gasteiger partial charge in [-0.3, -0.25) is 14.6 Å². The number of hydrogen-bond donors (Lipinski definition) is 2. The summed E-state index contributed by atoms with van der Waals surface area (Å²) in [5.41, 5.74) is 9.36. The highest BCUT2D eigenvalue weighted by atomic mass is 16.5. The van der Waals surface area contributed by atoms with E-state index < -0.39 is 0 Å². The van der Waals surface area contributed by atoms with Gasteiger partial charge in [0, 0.05) is 45.8 Å². The van der Waals surface area contributed by atoms with Crippen molar-refractivity contribution in [1.29, 1.82) is 0 Å². The maximum Gasteiger partial charge on any atom is 0.311 e. The van der Waals surface area contributed by atoms with E-state index in [0.717, 1.165) is 61.2 Å². The molecule has 2 aromatic rings. The van der Waals surface area contributed by atoms with E-state index in [2.05, 4.69) is 33.1 Å². The van der Waals surface area contributed by atoms with Crippen LogP contribution in [0, 0.1) is 13.8 Å². The van der Waals surface area contributed by atoms with Gasteiger partial charge in [-0.1, -0.05) is 25.3 Å². The molecule has 0 fully saturated rings. The molecule has 3 aliphatic heterocycles. The number of carbonyl (C=O) groups excluding carboxylic acids is 3. The summed E-state index contributed by atoms with van der Waals surface area (Å²) in [5, 5.41) is 1.56. The molecule has 0 unspecified atom stereocenters. The number of H-pyrrole nitrogens is 2. The first kappa shape index (κ1) is 27.7. The lowest BCUT2D eigenvalue weighted by Crippen LogP contribution is -2.18. The summed E-state index contributed by atoms with van der Waals surface area (Å²) in [6.07, 6.45) is 12.9. The Morgan fingerprint density at radius 2 is 1.73 bits per heavy atom. The van der Waals surface area contributed by atoms with Gasteiger partial charge < -0.3 is 19.5 Å². The minimum Gasteiger partial charge on any atom is -0.424 e. The van der Waals surface area contributed by atoms with Crippen LogP contribution in [-0.2, 0) is 19.1 Å². The Bertz CT molecular complexity index is 1830. The molecule has 5 rings (SSSR count). The predicted octanol–water partition coefficient (Wildman–Crippen LogP) is 4.54. The third kappa shape index (κ3) is 5.20. The monoisotopic (exact) mass is 548 g/mol. The fourth-order valence-corrected chi connectivity index (χ4v) is 5.28. The molecule has 2 aromatic heterocycles. The highest BCUT2D eigenvalue weighted by molar-refractivity contribution is 6.31. The van der Waals surface area contributed by atoms with E-state index in [0.29, 0.717) is 30.5 Å². The molecule has 1 amide bonds. The number of aliphatic imine (C=N–C) groups is 2. The van der Waals surface area contributed by atoms with E-state index in [4.69, 9.17) is 4.74 Å². The standard InChI is InChI=1S/C33H32N4O4/c1-7-22-19(5)26(35-28(22)13-25-18(4)21(16-34-25)10-9-17(3)38)14-29-23(8-2)20(6)27(36-29)15-30-32-24(33(40)37-30)11-12-31(39)41-32/h7-8,13-16,35-36H,1-2,9-12H2,3-6H3/b25-13-,27-15?,29-14-. The molecule has 0 aromatic carbocycles. The molecule has 0 aliphatic carbocycles. The van der Waals surface area contributed by atoms with Crippen LogP contribution in [-0.4, -0.2) is 39.6 Å². The van der Waals surface area contributed by atoms with E-state index in [1.165, 1.54) is 0 Å². The molecule has 208 valence electrons. The molecule has 0 bridgehead atoms. The largest absolute Gasteiger partial charge is 0.424 e. The van der Waals surface area contributed by atoms with Crippen molar-refractivity contribution in [3.63, 3.8) is 0 Å². The second-order valence-electron chi connectivity index (χ2n) is 10.4. The number of Topliss-reactive ketones (excluding diaryl/α,β-unsaturated/α-hetero) is 1. The average Bonchev–Trinajstić information content (AvgIpc) is 3.62. The Balaban J connectivity index is 1.55. The molecule has 3 aliphatic rings. The van der Waals surface area contributed by atoms with E-state index in [-0.39, 0.29) is 29.8 Å². The van der Waals surface area contributed by atoms with Gasteiger partial charge >= 0.3 is 5.97 Å². The number of esters is 1. The van der Waals surface area contributed by atoms with Crippen LogP contribution in [0.1, 0.15) is 73.2 Å². The quantitative estimate of drug-likeness (QED) is 0.471. The molecule has 5 heterocycles. The van der Waals surface area contributed by atoms with Crippen LogP contribution in [0.3, 0.4) is 0 Å². The predicted molar refractivity (Wildman–Crippen MR) is 162 cm³/mol. The van der Waals surface area contributed by atoms with Gasteiger partial charge in [0.2, 0.25) is 0 Å². The average molecular weight is 549 g/mol. The van der Waals surface area contributed by atoms with Crippen molar-refractivity contribution in [1.82, 2.24) is 9.97 Å². The maximum atomic E-state index is 12.4. The molecular weight excluding hydrogens is 516 g/mol. The normalized spacial score (nSPS) is 18.5. The molecule has 8 heteroatoms. The summed E-state index contributed by atoms with van der Waals surface area (Å²) < 4.78 is 5.37. The maximum absolute atomic E-state index is 12.4.